The number of hydrogen-bond acceptors (Lipinski definition) is 4. The molecule has 0 radical (unpaired) electrons. The lowest BCUT2D eigenvalue weighted by Crippen LogP contribution is -2.25. The summed E-state index contributed by atoms with van der Waals surface area (Å²) < 4.78 is 5.21. The summed E-state index contributed by atoms with van der Waals surface area (Å²) in [5.41, 5.74) is 2.02. The molecule has 6 heteroatoms. The molecule has 0 aliphatic rings. The number of aromatic amines is 1. The van der Waals surface area contributed by atoms with Gasteiger partial charge in [-0.25, -0.2) is 4.98 Å². The number of halogens is 1. The van der Waals surface area contributed by atoms with Crippen molar-refractivity contribution >= 4 is 35.2 Å². The van der Waals surface area contributed by atoms with Gasteiger partial charge in [-0.2, -0.15) is 0 Å². The van der Waals surface area contributed by atoms with Crippen LogP contribution in [-0.4, -0.2) is 47.4 Å². The Labute approximate surface area is 130 Å². The molecule has 0 amide bonds. The van der Waals surface area contributed by atoms with Crippen LogP contribution in [0.2, 0.25) is 0 Å². The van der Waals surface area contributed by atoms with Crippen molar-refractivity contribution in [2.75, 3.05) is 32.5 Å². The number of imidazole rings is 1. The maximum absolute atomic E-state index is 5.21. The van der Waals surface area contributed by atoms with Crippen molar-refractivity contribution < 1.29 is 4.74 Å². The first-order valence-corrected chi connectivity index (χ1v) is 7.64. The second-order valence-corrected chi connectivity index (χ2v) is 5.38. The zero-order valence-electron chi connectivity index (χ0n) is 12.2. The Morgan fingerprint density at radius 1 is 1.30 bits per heavy atom. The Morgan fingerprint density at radius 2 is 2.05 bits per heavy atom. The average Bonchev–Trinajstić information content (AvgIpc) is 2.85. The van der Waals surface area contributed by atoms with Crippen LogP contribution in [0.4, 0.5) is 0 Å². The number of rotatable bonds is 7. The summed E-state index contributed by atoms with van der Waals surface area (Å²) in [7, 11) is 1.68. The fourth-order valence-electron chi connectivity index (χ4n) is 1.97. The van der Waals surface area contributed by atoms with E-state index in [-0.39, 0.29) is 12.4 Å². The first-order valence-electron chi connectivity index (χ1n) is 6.65. The Bertz CT molecular complexity index is 528. The number of thioether (sulfide) groups is 1. The minimum absolute atomic E-state index is 0. The van der Waals surface area contributed by atoms with Gasteiger partial charge in [-0.15, -0.1) is 12.4 Å². The van der Waals surface area contributed by atoms with Crippen LogP contribution in [0.15, 0.2) is 23.4 Å². The minimum atomic E-state index is 0. The molecule has 4 nitrogen and oxygen atoms in total. The molecule has 0 aliphatic heterocycles. The van der Waals surface area contributed by atoms with Gasteiger partial charge in [-0.05, 0) is 25.2 Å². The number of methoxy groups -OCH3 is 1. The Morgan fingerprint density at radius 3 is 2.70 bits per heavy atom. The summed E-state index contributed by atoms with van der Waals surface area (Å²) in [6.45, 7) is 7.70. The van der Waals surface area contributed by atoms with Crippen LogP contribution in [0.3, 0.4) is 0 Å². The number of ether oxygens (including phenoxy) is 1. The standard InChI is InChI=1S/C14H21N3OS.ClH/c1-4-17(5-2)8-9-19-14-15-12-7-6-11(18-3)10-13(12)16-14;/h6-7,10H,4-5,8-9H2,1-3H3,(H,15,16);1H. The molecule has 2 rings (SSSR count). The lowest BCUT2D eigenvalue weighted by Gasteiger charge is -2.16. The van der Waals surface area contributed by atoms with Gasteiger partial charge in [0.2, 0.25) is 0 Å². The van der Waals surface area contributed by atoms with Crippen molar-refractivity contribution in [1.82, 2.24) is 14.9 Å². The lowest BCUT2D eigenvalue weighted by atomic mass is 10.3. The Balaban J connectivity index is 0.00000200. The van der Waals surface area contributed by atoms with E-state index in [9.17, 15) is 0 Å². The zero-order chi connectivity index (χ0) is 13.7. The number of benzene rings is 1. The lowest BCUT2D eigenvalue weighted by molar-refractivity contribution is 0.324. The summed E-state index contributed by atoms with van der Waals surface area (Å²) >= 11 is 1.77. The van der Waals surface area contributed by atoms with Gasteiger partial charge in [0.05, 0.1) is 18.1 Å². The summed E-state index contributed by atoms with van der Waals surface area (Å²) in [6, 6.07) is 5.91. The summed E-state index contributed by atoms with van der Waals surface area (Å²) in [6.07, 6.45) is 0. The van der Waals surface area contributed by atoms with Gasteiger partial charge in [0.15, 0.2) is 5.16 Å². The van der Waals surface area contributed by atoms with E-state index in [2.05, 4.69) is 28.7 Å². The third-order valence-corrected chi connectivity index (χ3v) is 4.06. The molecule has 0 bridgehead atoms. The van der Waals surface area contributed by atoms with Crippen LogP contribution < -0.4 is 4.74 Å². The second kappa shape index (κ2) is 8.39. The van der Waals surface area contributed by atoms with Gasteiger partial charge in [0.25, 0.3) is 0 Å². The molecule has 0 saturated carbocycles. The molecular formula is C14H22ClN3OS. The van der Waals surface area contributed by atoms with Crippen LogP contribution in [0.5, 0.6) is 5.75 Å². The van der Waals surface area contributed by atoms with Gasteiger partial charge in [-0.1, -0.05) is 25.6 Å². The highest BCUT2D eigenvalue weighted by molar-refractivity contribution is 7.99. The third kappa shape index (κ3) is 4.30. The quantitative estimate of drug-likeness (QED) is 0.795. The normalized spacial score (nSPS) is 10.8. The summed E-state index contributed by atoms with van der Waals surface area (Å²) in [4.78, 5) is 10.3. The number of H-pyrrole nitrogens is 1. The molecule has 0 fully saturated rings. The van der Waals surface area contributed by atoms with Crippen molar-refractivity contribution in [1.29, 1.82) is 0 Å². The van der Waals surface area contributed by atoms with E-state index < -0.39 is 0 Å². The van der Waals surface area contributed by atoms with Crippen molar-refractivity contribution in [2.45, 2.75) is 19.0 Å². The molecule has 1 aromatic heterocycles. The zero-order valence-corrected chi connectivity index (χ0v) is 13.8. The van der Waals surface area contributed by atoms with E-state index in [0.29, 0.717) is 0 Å². The number of nitrogens with zero attached hydrogens (tertiary/aromatic N) is 2. The van der Waals surface area contributed by atoms with Crippen molar-refractivity contribution in [2.24, 2.45) is 0 Å². The number of nitrogens with one attached hydrogen (secondary N) is 1. The molecule has 0 unspecified atom stereocenters. The highest BCUT2D eigenvalue weighted by atomic mass is 35.5. The second-order valence-electron chi connectivity index (χ2n) is 4.30. The number of fused-ring (bicyclic) bond motifs is 1. The highest BCUT2D eigenvalue weighted by Gasteiger charge is 2.05. The molecule has 0 atom stereocenters. The van der Waals surface area contributed by atoms with Gasteiger partial charge in [-0.3, -0.25) is 0 Å². The maximum atomic E-state index is 5.21. The predicted molar refractivity (Wildman–Crippen MR) is 88.4 cm³/mol. The Hall–Kier alpha value is -0.910. The van der Waals surface area contributed by atoms with E-state index in [1.54, 1.807) is 18.9 Å². The van der Waals surface area contributed by atoms with E-state index in [0.717, 1.165) is 47.3 Å². The first kappa shape index (κ1) is 17.1. The first-order chi connectivity index (χ1) is 9.26. The summed E-state index contributed by atoms with van der Waals surface area (Å²) in [5.74, 6) is 1.91. The van der Waals surface area contributed by atoms with Crippen LogP contribution in [-0.2, 0) is 0 Å². The SMILES string of the molecule is CCN(CC)CCSc1nc2ccc(OC)cc2[nH]1.Cl. The third-order valence-electron chi connectivity index (χ3n) is 3.21. The fourth-order valence-corrected chi connectivity index (χ4v) is 2.86. The molecule has 2 aromatic rings. The van der Waals surface area contributed by atoms with Gasteiger partial charge < -0.3 is 14.6 Å². The van der Waals surface area contributed by atoms with E-state index in [1.165, 1.54) is 0 Å². The van der Waals surface area contributed by atoms with E-state index in [4.69, 9.17) is 4.74 Å². The topological polar surface area (TPSA) is 41.2 Å². The van der Waals surface area contributed by atoms with Gasteiger partial charge >= 0.3 is 0 Å². The molecule has 20 heavy (non-hydrogen) atoms. The molecule has 0 spiro atoms. The van der Waals surface area contributed by atoms with Crippen LogP contribution in [0, 0.1) is 0 Å². The number of hydrogen-bond donors (Lipinski definition) is 1. The van der Waals surface area contributed by atoms with Gasteiger partial charge in [0, 0.05) is 18.4 Å². The van der Waals surface area contributed by atoms with Crippen LogP contribution >= 0.6 is 24.2 Å². The minimum Gasteiger partial charge on any atom is -0.497 e. The molecule has 1 heterocycles. The van der Waals surface area contributed by atoms with Crippen molar-refractivity contribution in [3.8, 4) is 5.75 Å². The molecule has 0 saturated heterocycles. The van der Waals surface area contributed by atoms with Crippen molar-refractivity contribution in [3.05, 3.63) is 18.2 Å². The fraction of sp³-hybridized carbons (Fsp3) is 0.500. The Kier molecular flexibility index (Phi) is 7.19. The molecule has 1 N–H and O–H groups in total. The molecule has 1 aromatic carbocycles. The monoisotopic (exact) mass is 315 g/mol. The van der Waals surface area contributed by atoms with E-state index >= 15 is 0 Å². The highest BCUT2D eigenvalue weighted by Crippen LogP contribution is 2.23. The van der Waals surface area contributed by atoms with Gasteiger partial charge in [0.1, 0.15) is 5.75 Å². The van der Waals surface area contributed by atoms with Crippen LogP contribution in [0.25, 0.3) is 11.0 Å². The number of aromatic nitrogens is 2. The molecule has 0 aliphatic carbocycles. The molecule has 112 valence electrons. The van der Waals surface area contributed by atoms with Crippen LogP contribution in [0.1, 0.15) is 13.8 Å². The largest absolute Gasteiger partial charge is 0.497 e. The van der Waals surface area contributed by atoms with E-state index in [1.807, 2.05) is 18.2 Å². The summed E-state index contributed by atoms with van der Waals surface area (Å²) in [5, 5.41) is 0.982. The maximum Gasteiger partial charge on any atom is 0.166 e. The predicted octanol–water partition coefficient (Wildman–Crippen LogP) is 3.43. The van der Waals surface area contributed by atoms with Crippen molar-refractivity contribution in [3.63, 3.8) is 0 Å². The smallest absolute Gasteiger partial charge is 0.166 e. The average molecular weight is 316 g/mol. The molecular weight excluding hydrogens is 294 g/mol.